The van der Waals surface area contributed by atoms with Gasteiger partial charge in [0.05, 0.1) is 8.27 Å². The first kappa shape index (κ1) is 8.25. The van der Waals surface area contributed by atoms with E-state index in [-0.39, 0.29) is 11.6 Å². The predicted octanol–water partition coefficient (Wildman–Crippen LogP) is 3.35. The monoisotopic (exact) mass is 294 g/mol. The molecule has 0 saturated carbocycles. The maximum atomic E-state index is 13.0. The zero-order valence-corrected chi connectivity index (χ0v) is 8.82. The molecule has 1 nitrogen and oxygen atoms in total. The fraction of sp³-hybridized carbons (Fsp3) is 0. The van der Waals surface area contributed by atoms with Gasteiger partial charge in [-0.3, -0.25) is 0 Å². The lowest BCUT2D eigenvalue weighted by molar-refractivity contribution is 0.478. The molecule has 0 aliphatic heterocycles. The summed E-state index contributed by atoms with van der Waals surface area (Å²) in [5, 5.41) is 11.4. The van der Waals surface area contributed by atoms with Gasteiger partial charge in [-0.05, 0) is 34.7 Å². The van der Waals surface area contributed by atoms with Crippen LogP contribution in [0.25, 0.3) is 10.1 Å². The molecular formula is C8H4FIOS. The molecular weight excluding hydrogens is 290 g/mol. The quantitative estimate of drug-likeness (QED) is 0.739. The van der Waals surface area contributed by atoms with Crippen LogP contribution in [0.5, 0.6) is 5.75 Å². The number of halogens is 2. The Balaban J connectivity index is 2.93. The average molecular weight is 294 g/mol. The van der Waals surface area contributed by atoms with Gasteiger partial charge in [0.15, 0.2) is 0 Å². The van der Waals surface area contributed by atoms with Crippen LogP contribution in [0, 0.1) is 9.39 Å². The Kier molecular flexibility index (Phi) is 1.96. The number of hydrogen-bond donors (Lipinski definition) is 1. The minimum absolute atomic E-state index is 0.182. The summed E-state index contributed by atoms with van der Waals surface area (Å²) < 4.78 is 14.3. The highest BCUT2D eigenvalue weighted by atomic mass is 127. The van der Waals surface area contributed by atoms with Gasteiger partial charge in [-0.15, -0.1) is 11.3 Å². The Morgan fingerprint density at radius 1 is 1.42 bits per heavy atom. The number of hydrogen-bond acceptors (Lipinski definition) is 2. The number of aromatic hydroxyl groups is 1. The van der Waals surface area contributed by atoms with Crippen LogP contribution in [0.2, 0.25) is 0 Å². The summed E-state index contributed by atoms with van der Waals surface area (Å²) in [6.45, 7) is 0. The number of phenolic OH excluding ortho intramolecular Hbond substituents is 1. The fourth-order valence-electron chi connectivity index (χ4n) is 1.03. The Morgan fingerprint density at radius 3 is 2.92 bits per heavy atom. The topological polar surface area (TPSA) is 20.2 Å². The molecule has 2 rings (SSSR count). The average Bonchev–Trinajstić information content (AvgIpc) is 2.41. The summed E-state index contributed by atoms with van der Waals surface area (Å²) in [6, 6.07) is 3.39. The Hall–Kier alpha value is -0.360. The molecule has 0 atom stereocenters. The van der Waals surface area contributed by atoms with Gasteiger partial charge in [0.1, 0.15) is 11.6 Å². The third kappa shape index (κ3) is 1.09. The molecule has 1 aromatic carbocycles. The molecule has 2 aromatic rings. The molecule has 0 saturated heterocycles. The van der Waals surface area contributed by atoms with Crippen molar-refractivity contribution < 1.29 is 9.50 Å². The second-order valence-electron chi connectivity index (χ2n) is 2.36. The van der Waals surface area contributed by atoms with Gasteiger partial charge in [0.2, 0.25) is 0 Å². The van der Waals surface area contributed by atoms with Crippen LogP contribution in [0.4, 0.5) is 4.39 Å². The molecule has 0 spiro atoms. The normalized spacial score (nSPS) is 10.8. The van der Waals surface area contributed by atoms with Gasteiger partial charge >= 0.3 is 0 Å². The SMILES string of the molecule is Oc1c(I)ccc2c(F)csc12. The van der Waals surface area contributed by atoms with Gasteiger partial charge in [-0.25, -0.2) is 4.39 Å². The van der Waals surface area contributed by atoms with Gasteiger partial charge in [-0.1, -0.05) is 0 Å². The van der Waals surface area contributed by atoms with Crippen molar-refractivity contribution in [1.82, 2.24) is 0 Å². The van der Waals surface area contributed by atoms with E-state index in [4.69, 9.17) is 0 Å². The summed E-state index contributed by atoms with van der Waals surface area (Å²) in [5.74, 6) is -0.0799. The molecule has 0 aliphatic rings. The zero-order chi connectivity index (χ0) is 8.72. The third-order valence-electron chi connectivity index (χ3n) is 1.62. The largest absolute Gasteiger partial charge is 0.505 e. The third-order valence-corrected chi connectivity index (χ3v) is 3.46. The van der Waals surface area contributed by atoms with Gasteiger partial charge in [0.25, 0.3) is 0 Å². The van der Waals surface area contributed by atoms with Crippen LogP contribution in [-0.2, 0) is 0 Å². The van der Waals surface area contributed by atoms with Crippen LogP contribution in [0.3, 0.4) is 0 Å². The predicted molar refractivity (Wildman–Crippen MR) is 56.2 cm³/mol. The second kappa shape index (κ2) is 2.85. The molecule has 12 heavy (non-hydrogen) atoms. The van der Waals surface area contributed by atoms with Crippen molar-refractivity contribution in [2.45, 2.75) is 0 Å². The number of thiophene rings is 1. The molecule has 1 heterocycles. The standard InChI is InChI=1S/C8H4FIOS/c9-5-3-12-8-4(5)1-2-6(10)7(8)11/h1-3,11H. The lowest BCUT2D eigenvalue weighted by Crippen LogP contribution is -1.74. The van der Waals surface area contributed by atoms with Crippen molar-refractivity contribution in [2.75, 3.05) is 0 Å². The Morgan fingerprint density at radius 2 is 2.17 bits per heavy atom. The van der Waals surface area contributed by atoms with E-state index >= 15 is 0 Å². The fourth-order valence-corrected chi connectivity index (χ4v) is 2.52. The van der Waals surface area contributed by atoms with Crippen molar-refractivity contribution in [1.29, 1.82) is 0 Å². The van der Waals surface area contributed by atoms with E-state index in [0.717, 1.165) is 3.57 Å². The van der Waals surface area contributed by atoms with Crippen LogP contribution >= 0.6 is 33.9 Å². The number of benzene rings is 1. The second-order valence-corrected chi connectivity index (χ2v) is 4.40. The first-order valence-electron chi connectivity index (χ1n) is 3.24. The number of rotatable bonds is 0. The highest BCUT2D eigenvalue weighted by molar-refractivity contribution is 14.1. The molecule has 4 heteroatoms. The van der Waals surface area contributed by atoms with Gasteiger partial charge < -0.3 is 5.11 Å². The summed E-state index contributed by atoms with van der Waals surface area (Å²) >= 11 is 3.24. The van der Waals surface area contributed by atoms with Crippen molar-refractivity contribution in [3.05, 3.63) is 26.9 Å². The highest BCUT2D eigenvalue weighted by Gasteiger charge is 2.09. The van der Waals surface area contributed by atoms with E-state index in [9.17, 15) is 9.50 Å². The molecule has 0 amide bonds. The van der Waals surface area contributed by atoms with E-state index < -0.39 is 0 Å². The van der Waals surface area contributed by atoms with Crippen LogP contribution < -0.4 is 0 Å². The van der Waals surface area contributed by atoms with E-state index in [1.54, 1.807) is 12.1 Å². The maximum absolute atomic E-state index is 13.0. The minimum Gasteiger partial charge on any atom is -0.505 e. The van der Waals surface area contributed by atoms with Crippen LogP contribution in [0.15, 0.2) is 17.5 Å². The molecule has 0 unspecified atom stereocenters. The summed E-state index contributed by atoms with van der Waals surface area (Å²) in [5.41, 5.74) is 0. The van der Waals surface area contributed by atoms with Crippen molar-refractivity contribution in [2.24, 2.45) is 0 Å². The minimum atomic E-state index is -0.262. The number of phenols is 1. The summed E-state index contributed by atoms with van der Waals surface area (Å²) in [7, 11) is 0. The molecule has 0 aliphatic carbocycles. The highest BCUT2D eigenvalue weighted by Crippen LogP contribution is 2.35. The lowest BCUT2D eigenvalue weighted by Gasteiger charge is -1.96. The first-order chi connectivity index (χ1) is 5.70. The van der Waals surface area contributed by atoms with Crippen LogP contribution in [-0.4, -0.2) is 5.11 Å². The van der Waals surface area contributed by atoms with Crippen molar-refractivity contribution >= 4 is 44.0 Å². The molecule has 0 radical (unpaired) electrons. The number of fused-ring (bicyclic) bond motifs is 1. The summed E-state index contributed by atoms with van der Waals surface area (Å²) in [6.07, 6.45) is 0. The van der Waals surface area contributed by atoms with Gasteiger partial charge in [0, 0.05) is 10.8 Å². The van der Waals surface area contributed by atoms with Crippen molar-refractivity contribution in [3.8, 4) is 5.75 Å². The van der Waals surface area contributed by atoms with Gasteiger partial charge in [-0.2, -0.15) is 0 Å². The molecule has 1 aromatic heterocycles. The maximum Gasteiger partial charge on any atom is 0.146 e. The van der Waals surface area contributed by atoms with Crippen LogP contribution in [0.1, 0.15) is 0 Å². The Labute approximate surface area is 86.0 Å². The Bertz CT molecular complexity index is 438. The van der Waals surface area contributed by atoms with Crippen molar-refractivity contribution in [3.63, 3.8) is 0 Å². The zero-order valence-electron chi connectivity index (χ0n) is 5.84. The van der Waals surface area contributed by atoms with E-state index in [0.29, 0.717) is 10.1 Å². The first-order valence-corrected chi connectivity index (χ1v) is 5.20. The lowest BCUT2D eigenvalue weighted by atomic mass is 10.2. The molecule has 1 N–H and O–H groups in total. The smallest absolute Gasteiger partial charge is 0.146 e. The summed E-state index contributed by atoms with van der Waals surface area (Å²) in [4.78, 5) is 0. The van der Waals surface area contributed by atoms with E-state index in [1.807, 2.05) is 22.6 Å². The van der Waals surface area contributed by atoms with E-state index in [1.165, 1.54) is 16.7 Å². The van der Waals surface area contributed by atoms with E-state index in [2.05, 4.69) is 0 Å². The molecule has 0 fully saturated rings. The molecule has 62 valence electrons. The molecule has 0 bridgehead atoms.